The molecule has 0 spiro atoms. The summed E-state index contributed by atoms with van der Waals surface area (Å²) in [5.74, 6) is 6.92. The van der Waals surface area contributed by atoms with E-state index < -0.39 is 6.97 Å². The Bertz CT molecular complexity index is 1220. The van der Waals surface area contributed by atoms with Gasteiger partial charge in [-0.2, -0.15) is 0 Å². The molecule has 1 saturated heterocycles. The predicted molar refractivity (Wildman–Crippen MR) is 127 cm³/mol. The van der Waals surface area contributed by atoms with E-state index in [1.807, 2.05) is 49.4 Å². The van der Waals surface area contributed by atoms with Crippen molar-refractivity contribution in [2.75, 3.05) is 18.0 Å². The van der Waals surface area contributed by atoms with Crippen LogP contribution in [0.25, 0.3) is 6.08 Å². The van der Waals surface area contributed by atoms with Crippen LogP contribution in [0.3, 0.4) is 0 Å². The number of benzene rings is 1. The summed E-state index contributed by atoms with van der Waals surface area (Å²) in [6, 6.07) is 11.5. The Morgan fingerprint density at radius 2 is 1.74 bits per heavy atom. The number of hydrogen-bond acceptors (Lipinski definition) is 1. The lowest BCUT2D eigenvalue weighted by molar-refractivity contribution is -0.362. The zero-order valence-electron chi connectivity index (χ0n) is 17.6. The molecule has 0 amide bonds. The van der Waals surface area contributed by atoms with Gasteiger partial charge in [0.15, 0.2) is 5.70 Å². The number of rotatable bonds is 1. The van der Waals surface area contributed by atoms with E-state index in [-0.39, 0.29) is 0 Å². The molecule has 3 nitrogen and oxygen atoms in total. The monoisotopic (exact) mass is 481 g/mol. The standard InChI is InChI=1S/C24H23BBrF2N3/c1-17-22-16-21-15-20(12-11-19-9-5-3-6-10-19)24(29-13-7-4-8-14-29)31(21)25(27,28)30(22)18(2)23(17)26/h3,5-6,9-10,15-16H,4,7-8,13-14H2,1-2H3. The maximum Gasteiger partial charge on any atom is 0.738 e. The molecule has 1 aromatic carbocycles. The van der Waals surface area contributed by atoms with Crippen molar-refractivity contribution in [2.45, 2.75) is 33.1 Å². The van der Waals surface area contributed by atoms with E-state index in [4.69, 9.17) is 0 Å². The molecule has 0 unspecified atom stereocenters. The quantitative estimate of drug-likeness (QED) is 0.380. The van der Waals surface area contributed by atoms with Crippen LogP contribution in [0.1, 0.15) is 49.9 Å². The van der Waals surface area contributed by atoms with Gasteiger partial charge < -0.3 is 22.5 Å². The summed E-state index contributed by atoms with van der Waals surface area (Å²) in [5.41, 5.74) is 4.01. The highest BCUT2D eigenvalue weighted by Gasteiger charge is 2.55. The van der Waals surface area contributed by atoms with Crippen molar-refractivity contribution in [3.05, 3.63) is 69.0 Å². The number of anilines is 1. The molecule has 0 aliphatic carbocycles. The summed E-state index contributed by atoms with van der Waals surface area (Å²) >= 11 is 3.50. The summed E-state index contributed by atoms with van der Waals surface area (Å²) < 4.78 is 35.4. The highest BCUT2D eigenvalue weighted by atomic mass is 79.9. The van der Waals surface area contributed by atoms with E-state index in [0.29, 0.717) is 28.5 Å². The van der Waals surface area contributed by atoms with Crippen molar-refractivity contribution in [3.8, 4) is 11.8 Å². The minimum absolute atomic E-state index is 0.517. The highest BCUT2D eigenvalue weighted by Crippen LogP contribution is 2.42. The molecule has 1 aromatic heterocycles. The van der Waals surface area contributed by atoms with Gasteiger partial charge >= 0.3 is 6.97 Å². The topological polar surface area (TPSA) is 11.2 Å². The number of hydrogen-bond donors (Lipinski definition) is 0. The van der Waals surface area contributed by atoms with E-state index in [1.165, 1.54) is 8.96 Å². The molecule has 31 heavy (non-hydrogen) atoms. The van der Waals surface area contributed by atoms with Gasteiger partial charge in [0.1, 0.15) is 5.71 Å². The number of piperidine rings is 1. The van der Waals surface area contributed by atoms with E-state index >= 15 is 8.63 Å². The lowest BCUT2D eigenvalue weighted by atomic mass is 9.90. The molecule has 0 atom stereocenters. The van der Waals surface area contributed by atoms with Gasteiger partial charge in [0.05, 0.1) is 15.9 Å². The maximum atomic E-state index is 16.1. The number of halogens is 3. The van der Waals surface area contributed by atoms with Crippen LogP contribution >= 0.6 is 15.9 Å². The summed E-state index contributed by atoms with van der Waals surface area (Å²) in [4.78, 5) is 2.09. The lowest BCUT2D eigenvalue weighted by Crippen LogP contribution is -2.51. The SMILES string of the molecule is CC1=C(Br)C(C)=[N+]2C1=Cc1cc(C#Cc3ccccc3)c(N3CCCCC3)n1[B-]2(F)F. The van der Waals surface area contributed by atoms with Crippen molar-refractivity contribution in [1.29, 1.82) is 0 Å². The fourth-order valence-corrected chi connectivity index (χ4v) is 5.23. The van der Waals surface area contributed by atoms with Gasteiger partial charge in [0, 0.05) is 42.9 Å². The predicted octanol–water partition coefficient (Wildman–Crippen LogP) is 5.61. The Morgan fingerprint density at radius 1 is 1.03 bits per heavy atom. The lowest BCUT2D eigenvalue weighted by Gasteiger charge is -2.36. The van der Waals surface area contributed by atoms with Crippen molar-refractivity contribution in [2.24, 2.45) is 0 Å². The van der Waals surface area contributed by atoms with Crippen molar-refractivity contribution in [1.82, 2.24) is 4.48 Å². The molecule has 7 heteroatoms. The van der Waals surface area contributed by atoms with Crippen molar-refractivity contribution in [3.63, 3.8) is 0 Å². The van der Waals surface area contributed by atoms with E-state index in [2.05, 4.69) is 32.7 Å². The number of nitrogens with zero attached hydrogens (tertiary/aromatic N) is 3. The van der Waals surface area contributed by atoms with E-state index in [0.717, 1.165) is 48.0 Å². The molecule has 0 N–H and O–H groups in total. The first kappa shape index (κ1) is 20.3. The smallest absolute Gasteiger partial charge is 0.389 e. The van der Waals surface area contributed by atoms with Crippen molar-refractivity contribution >= 4 is 40.5 Å². The minimum atomic E-state index is -4.04. The van der Waals surface area contributed by atoms with E-state index in [9.17, 15) is 0 Å². The zero-order chi connectivity index (χ0) is 21.8. The second-order valence-electron chi connectivity index (χ2n) is 8.35. The first-order chi connectivity index (χ1) is 14.9. The highest BCUT2D eigenvalue weighted by molar-refractivity contribution is 9.12. The third-order valence-corrected chi connectivity index (χ3v) is 7.54. The second kappa shape index (κ2) is 7.53. The fraction of sp³-hybridized carbons (Fsp3) is 0.292. The van der Waals surface area contributed by atoms with Crippen LogP contribution in [0.4, 0.5) is 14.4 Å². The molecule has 3 aliphatic heterocycles. The molecule has 1 fully saturated rings. The molecule has 5 rings (SSSR count). The molecule has 0 saturated carbocycles. The molecule has 0 radical (unpaired) electrons. The summed E-state index contributed by atoms with van der Waals surface area (Å²) in [7, 11) is 0. The summed E-state index contributed by atoms with van der Waals surface area (Å²) in [6.45, 7) is 1.13. The van der Waals surface area contributed by atoms with Gasteiger partial charge in [-0.1, -0.05) is 30.0 Å². The summed E-state index contributed by atoms with van der Waals surface area (Å²) in [5, 5.41) is 0. The third-order valence-electron chi connectivity index (χ3n) is 6.37. The van der Waals surface area contributed by atoms with Gasteiger partial charge in [-0.25, -0.2) is 0 Å². The molecule has 4 heterocycles. The average molecular weight is 482 g/mol. The van der Waals surface area contributed by atoms with Crippen LogP contribution in [0.15, 0.2) is 52.2 Å². The minimum Gasteiger partial charge on any atom is -0.389 e. The Labute approximate surface area is 189 Å². The molecular formula is C24H23BBrF2N3. The molecule has 2 aromatic rings. The Kier molecular flexibility index (Phi) is 4.93. The van der Waals surface area contributed by atoms with Gasteiger partial charge in [-0.3, -0.25) is 0 Å². The van der Waals surface area contributed by atoms with Gasteiger partial charge in [0.25, 0.3) is 0 Å². The number of aromatic nitrogens is 1. The third kappa shape index (κ3) is 3.20. The largest absolute Gasteiger partial charge is 0.738 e. The fourth-order valence-electron chi connectivity index (χ4n) is 4.84. The van der Waals surface area contributed by atoms with Gasteiger partial charge in [-0.05, 0) is 60.3 Å². The number of allylic oxidation sites excluding steroid dienone is 2. The summed E-state index contributed by atoms with van der Waals surface area (Å²) in [6.07, 6.45) is 5.02. The molecular weight excluding hydrogens is 459 g/mol. The zero-order valence-corrected chi connectivity index (χ0v) is 19.2. The first-order valence-corrected chi connectivity index (χ1v) is 11.5. The van der Waals surface area contributed by atoms with E-state index in [1.54, 1.807) is 6.92 Å². The Morgan fingerprint density at radius 3 is 2.45 bits per heavy atom. The van der Waals surface area contributed by atoms with Gasteiger partial charge in [0.2, 0.25) is 0 Å². The number of fused-ring (bicyclic) bond motifs is 2. The van der Waals surface area contributed by atoms with Crippen LogP contribution in [-0.4, -0.2) is 34.7 Å². The molecule has 158 valence electrons. The molecule has 3 aliphatic rings. The van der Waals surface area contributed by atoms with Crippen LogP contribution in [0, 0.1) is 11.8 Å². The van der Waals surface area contributed by atoms with Crippen LogP contribution in [0.2, 0.25) is 0 Å². The average Bonchev–Trinajstić information content (AvgIpc) is 3.26. The second-order valence-corrected chi connectivity index (χ2v) is 9.15. The Balaban J connectivity index is 1.72. The van der Waals surface area contributed by atoms with Crippen LogP contribution < -0.4 is 4.90 Å². The van der Waals surface area contributed by atoms with Gasteiger partial charge in [-0.15, -0.1) is 0 Å². The Hall–Kier alpha value is -2.59. The van der Waals surface area contributed by atoms with Crippen molar-refractivity contribution < 1.29 is 13.1 Å². The molecule has 0 bridgehead atoms. The van der Waals surface area contributed by atoms with Crippen LogP contribution in [0.5, 0.6) is 0 Å². The normalized spacial score (nSPS) is 19.6. The maximum absolute atomic E-state index is 16.1. The van der Waals surface area contributed by atoms with Crippen LogP contribution in [-0.2, 0) is 0 Å². The first-order valence-electron chi connectivity index (χ1n) is 10.7.